The summed E-state index contributed by atoms with van der Waals surface area (Å²) in [6, 6.07) is 2.95. The van der Waals surface area contributed by atoms with Crippen LogP contribution in [0.4, 0.5) is 4.39 Å². The molecule has 1 aromatic rings. The molecule has 1 atom stereocenters. The van der Waals surface area contributed by atoms with E-state index in [2.05, 4.69) is 0 Å². The lowest BCUT2D eigenvalue weighted by Crippen LogP contribution is -2.13. The Morgan fingerprint density at radius 1 is 1.40 bits per heavy atom. The molecule has 0 aromatic heterocycles. The molecule has 0 amide bonds. The van der Waals surface area contributed by atoms with Crippen LogP contribution in [0.1, 0.15) is 11.7 Å². The third-order valence-corrected chi connectivity index (χ3v) is 2.10. The van der Waals surface area contributed by atoms with Gasteiger partial charge < -0.3 is 20.3 Å². The molecule has 0 spiro atoms. The molecule has 5 heteroatoms. The van der Waals surface area contributed by atoms with Gasteiger partial charge in [0.1, 0.15) is 0 Å². The van der Waals surface area contributed by atoms with Crippen molar-refractivity contribution in [2.45, 2.75) is 6.10 Å². The SMILES string of the molecule is COc1ccc(C(O)CN)c(F)c1OC. The second-order valence-electron chi connectivity index (χ2n) is 2.96. The molecule has 0 aliphatic rings. The van der Waals surface area contributed by atoms with Crippen molar-refractivity contribution in [1.82, 2.24) is 0 Å². The molecule has 0 saturated heterocycles. The maximum atomic E-state index is 13.7. The molecule has 0 radical (unpaired) electrons. The van der Waals surface area contributed by atoms with Crippen LogP contribution in [0.25, 0.3) is 0 Å². The van der Waals surface area contributed by atoms with E-state index in [1.165, 1.54) is 26.4 Å². The summed E-state index contributed by atoms with van der Waals surface area (Å²) in [6.07, 6.45) is -1.04. The van der Waals surface area contributed by atoms with E-state index in [1.54, 1.807) is 0 Å². The fraction of sp³-hybridized carbons (Fsp3) is 0.400. The van der Waals surface area contributed by atoms with Crippen LogP contribution in [-0.4, -0.2) is 25.9 Å². The highest BCUT2D eigenvalue weighted by atomic mass is 19.1. The van der Waals surface area contributed by atoms with E-state index in [1.807, 2.05) is 0 Å². The number of benzene rings is 1. The first kappa shape index (κ1) is 11.7. The Bertz CT molecular complexity index is 344. The normalized spacial score (nSPS) is 12.3. The first-order valence-electron chi connectivity index (χ1n) is 4.44. The van der Waals surface area contributed by atoms with Crippen molar-refractivity contribution in [3.05, 3.63) is 23.5 Å². The molecule has 84 valence electrons. The minimum Gasteiger partial charge on any atom is -0.493 e. The quantitative estimate of drug-likeness (QED) is 0.781. The Morgan fingerprint density at radius 2 is 2.07 bits per heavy atom. The highest BCUT2D eigenvalue weighted by Crippen LogP contribution is 2.33. The van der Waals surface area contributed by atoms with Gasteiger partial charge in [-0.05, 0) is 12.1 Å². The monoisotopic (exact) mass is 215 g/mol. The van der Waals surface area contributed by atoms with Crippen LogP contribution in [0.2, 0.25) is 0 Å². The van der Waals surface area contributed by atoms with Gasteiger partial charge in [-0.25, -0.2) is 4.39 Å². The highest BCUT2D eigenvalue weighted by molar-refractivity contribution is 5.45. The molecule has 4 nitrogen and oxygen atoms in total. The summed E-state index contributed by atoms with van der Waals surface area (Å²) < 4.78 is 23.5. The lowest BCUT2D eigenvalue weighted by molar-refractivity contribution is 0.180. The van der Waals surface area contributed by atoms with Crippen LogP contribution < -0.4 is 15.2 Å². The number of aliphatic hydroxyl groups is 1. The molecular formula is C10H14FNO3. The fourth-order valence-corrected chi connectivity index (χ4v) is 1.29. The smallest absolute Gasteiger partial charge is 0.197 e. The molecule has 0 aliphatic carbocycles. The number of hydrogen-bond acceptors (Lipinski definition) is 4. The zero-order valence-corrected chi connectivity index (χ0v) is 8.66. The van der Waals surface area contributed by atoms with Crippen LogP contribution in [-0.2, 0) is 0 Å². The lowest BCUT2D eigenvalue weighted by Gasteiger charge is -2.14. The largest absolute Gasteiger partial charge is 0.493 e. The molecule has 0 heterocycles. The van der Waals surface area contributed by atoms with E-state index in [9.17, 15) is 9.50 Å². The van der Waals surface area contributed by atoms with Crippen LogP contribution in [0.15, 0.2) is 12.1 Å². The summed E-state index contributed by atoms with van der Waals surface area (Å²) in [6.45, 7) is -0.0492. The number of rotatable bonds is 4. The van der Waals surface area contributed by atoms with E-state index in [4.69, 9.17) is 15.2 Å². The van der Waals surface area contributed by atoms with Gasteiger partial charge in [0.15, 0.2) is 17.3 Å². The summed E-state index contributed by atoms with van der Waals surface area (Å²) in [5, 5.41) is 9.43. The zero-order chi connectivity index (χ0) is 11.4. The second-order valence-corrected chi connectivity index (χ2v) is 2.96. The minimum absolute atomic E-state index is 0.0255. The standard InChI is InChI=1S/C10H14FNO3/c1-14-8-4-3-6(7(13)5-12)9(11)10(8)15-2/h3-4,7,13H,5,12H2,1-2H3. The van der Waals surface area contributed by atoms with Gasteiger partial charge in [0.05, 0.1) is 20.3 Å². The number of halogens is 1. The Labute approximate surface area is 87.4 Å². The summed E-state index contributed by atoms with van der Waals surface area (Å²) in [4.78, 5) is 0. The number of hydrogen-bond donors (Lipinski definition) is 2. The third kappa shape index (κ3) is 2.19. The summed E-state index contributed by atoms with van der Waals surface area (Å²) >= 11 is 0. The Balaban J connectivity index is 3.22. The van der Waals surface area contributed by atoms with Gasteiger partial charge in [0.2, 0.25) is 0 Å². The van der Waals surface area contributed by atoms with Crippen LogP contribution in [0.3, 0.4) is 0 Å². The van der Waals surface area contributed by atoms with Crippen molar-refractivity contribution in [3.8, 4) is 11.5 Å². The molecule has 0 fully saturated rings. The Hall–Kier alpha value is -1.33. The van der Waals surface area contributed by atoms with Gasteiger partial charge >= 0.3 is 0 Å². The van der Waals surface area contributed by atoms with E-state index in [-0.39, 0.29) is 23.6 Å². The van der Waals surface area contributed by atoms with E-state index in [0.717, 1.165) is 0 Å². The van der Waals surface area contributed by atoms with Gasteiger partial charge in [-0.2, -0.15) is 0 Å². The zero-order valence-electron chi connectivity index (χ0n) is 8.66. The van der Waals surface area contributed by atoms with E-state index in [0.29, 0.717) is 0 Å². The van der Waals surface area contributed by atoms with Crippen molar-refractivity contribution in [3.63, 3.8) is 0 Å². The molecular weight excluding hydrogens is 201 g/mol. The molecule has 1 aromatic carbocycles. The Kier molecular flexibility index (Phi) is 3.88. The molecule has 15 heavy (non-hydrogen) atoms. The maximum absolute atomic E-state index is 13.7. The number of ether oxygens (including phenoxy) is 2. The van der Waals surface area contributed by atoms with E-state index < -0.39 is 11.9 Å². The van der Waals surface area contributed by atoms with Crippen LogP contribution >= 0.6 is 0 Å². The summed E-state index contributed by atoms with van der Waals surface area (Å²) in [7, 11) is 2.75. The van der Waals surface area contributed by atoms with Crippen molar-refractivity contribution < 1.29 is 19.0 Å². The summed E-state index contributed by atoms with van der Waals surface area (Å²) in [5.41, 5.74) is 5.35. The Morgan fingerprint density at radius 3 is 2.53 bits per heavy atom. The molecule has 1 unspecified atom stereocenters. The first-order valence-corrected chi connectivity index (χ1v) is 4.44. The second kappa shape index (κ2) is 4.95. The van der Waals surface area contributed by atoms with Crippen molar-refractivity contribution in [1.29, 1.82) is 0 Å². The molecule has 0 aliphatic heterocycles. The maximum Gasteiger partial charge on any atom is 0.197 e. The summed E-state index contributed by atoms with van der Waals surface area (Å²) in [5.74, 6) is -0.389. The van der Waals surface area contributed by atoms with Crippen molar-refractivity contribution >= 4 is 0 Å². The van der Waals surface area contributed by atoms with Gasteiger partial charge in [-0.15, -0.1) is 0 Å². The average molecular weight is 215 g/mol. The predicted molar refractivity (Wildman–Crippen MR) is 53.5 cm³/mol. The first-order chi connectivity index (χ1) is 7.15. The molecule has 1 rings (SSSR count). The number of nitrogens with two attached hydrogens (primary N) is 1. The van der Waals surface area contributed by atoms with Gasteiger partial charge in [0.25, 0.3) is 0 Å². The topological polar surface area (TPSA) is 64.7 Å². The number of aliphatic hydroxyl groups excluding tert-OH is 1. The predicted octanol–water partition coefficient (Wildman–Crippen LogP) is 0.835. The van der Waals surface area contributed by atoms with Crippen molar-refractivity contribution in [2.75, 3.05) is 20.8 Å². The van der Waals surface area contributed by atoms with Crippen LogP contribution in [0, 0.1) is 5.82 Å². The van der Waals surface area contributed by atoms with Crippen LogP contribution in [0.5, 0.6) is 11.5 Å². The minimum atomic E-state index is -1.04. The lowest BCUT2D eigenvalue weighted by atomic mass is 10.1. The molecule has 3 N–H and O–H groups in total. The highest BCUT2D eigenvalue weighted by Gasteiger charge is 2.18. The van der Waals surface area contributed by atoms with Crippen molar-refractivity contribution in [2.24, 2.45) is 5.73 Å². The number of methoxy groups -OCH3 is 2. The fourth-order valence-electron chi connectivity index (χ4n) is 1.29. The molecule has 0 bridgehead atoms. The molecule has 0 saturated carbocycles. The van der Waals surface area contributed by atoms with E-state index >= 15 is 0 Å². The third-order valence-electron chi connectivity index (χ3n) is 2.10. The van der Waals surface area contributed by atoms with Gasteiger partial charge in [0, 0.05) is 12.1 Å². The van der Waals surface area contributed by atoms with Gasteiger partial charge in [-0.3, -0.25) is 0 Å². The average Bonchev–Trinajstić information content (AvgIpc) is 2.27. The van der Waals surface area contributed by atoms with Gasteiger partial charge in [-0.1, -0.05) is 0 Å².